The Morgan fingerprint density at radius 3 is 1.68 bits per heavy atom. The fraction of sp³-hybridized carbons (Fsp3) is 0.500. The third-order valence-corrected chi connectivity index (χ3v) is 4.49. The summed E-state index contributed by atoms with van der Waals surface area (Å²) >= 11 is -1.69. The van der Waals surface area contributed by atoms with Crippen LogP contribution in [0, 0.1) is 29.2 Å². The van der Waals surface area contributed by atoms with Gasteiger partial charge in [-0.05, 0) is 6.92 Å². The van der Waals surface area contributed by atoms with Gasteiger partial charge in [0.05, 0.1) is 11.7 Å². The Morgan fingerprint density at radius 2 is 1.28 bits per heavy atom. The average molecular weight is 399 g/mol. The molecule has 1 aliphatic rings. The molecule has 1 saturated heterocycles. The molecule has 0 aromatic heterocycles. The van der Waals surface area contributed by atoms with Gasteiger partial charge in [0.15, 0.2) is 23.3 Å². The van der Waals surface area contributed by atoms with Crippen molar-refractivity contribution in [3.8, 4) is 0 Å². The van der Waals surface area contributed by atoms with Crippen molar-refractivity contribution >= 4 is 15.9 Å². The van der Waals surface area contributed by atoms with E-state index in [1.54, 1.807) is 0 Å². The Morgan fingerprint density at radius 1 is 0.800 bits per heavy atom. The molecule has 1 radical (unpaired) electrons. The molecule has 139 valence electrons. The van der Waals surface area contributed by atoms with E-state index in [1.165, 1.54) is 0 Å². The van der Waals surface area contributed by atoms with Crippen LogP contribution in [-0.4, -0.2) is 28.2 Å². The summed E-state index contributed by atoms with van der Waals surface area (Å²) in [6.07, 6.45) is -15.3. The van der Waals surface area contributed by atoms with Crippen LogP contribution in [0.2, 0.25) is 0 Å². The monoisotopic (exact) mass is 399 g/mol. The van der Waals surface area contributed by atoms with E-state index in [2.05, 4.69) is 7.58 Å². The average Bonchev–Trinajstić information content (AvgIpc) is 2.43. The SMILES string of the molecule is CC1[O][Al][O]C(c2c(F)c(F)c(C(F)(F)F)c(F)c2F)C1C(F)(F)F. The van der Waals surface area contributed by atoms with Crippen LogP contribution < -0.4 is 0 Å². The molecule has 25 heavy (non-hydrogen) atoms. The maximum Gasteiger partial charge on any atom is 0.668 e. The van der Waals surface area contributed by atoms with Gasteiger partial charge >= 0.3 is 28.2 Å². The molecule has 0 bridgehead atoms. The molecule has 0 N–H and O–H groups in total. The van der Waals surface area contributed by atoms with Crippen molar-refractivity contribution in [2.24, 2.45) is 5.92 Å². The summed E-state index contributed by atoms with van der Waals surface area (Å²) in [6.45, 7) is 0.882. The minimum atomic E-state index is -5.80. The highest BCUT2D eigenvalue weighted by atomic mass is 27.2. The summed E-state index contributed by atoms with van der Waals surface area (Å²) in [5.74, 6) is -13.6. The number of alkyl halides is 6. The van der Waals surface area contributed by atoms with Crippen molar-refractivity contribution in [2.45, 2.75) is 31.5 Å². The highest BCUT2D eigenvalue weighted by molar-refractivity contribution is 6.18. The van der Waals surface area contributed by atoms with Crippen LogP contribution in [0.15, 0.2) is 0 Å². The molecule has 13 heteroatoms. The van der Waals surface area contributed by atoms with E-state index in [4.69, 9.17) is 0 Å². The Bertz CT molecular complexity index is 642. The second kappa shape index (κ2) is 6.61. The van der Waals surface area contributed by atoms with Crippen molar-refractivity contribution < 1.29 is 51.5 Å². The third kappa shape index (κ3) is 3.60. The predicted molar refractivity (Wildman–Crippen MR) is 60.9 cm³/mol. The van der Waals surface area contributed by atoms with E-state index in [0.29, 0.717) is 0 Å². The smallest absolute Gasteiger partial charge is 0.481 e. The second-order valence-corrected chi connectivity index (χ2v) is 5.84. The molecule has 1 heterocycles. The van der Waals surface area contributed by atoms with Gasteiger partial charge in [-0.1, -0.05) is 0 Å². The molecule has 0 aliphatic carbocycles. The number of hydrogen-bond donors (Lipinski definition) is 0. The van der Waals surface area contributed by atoms with E-state index in [1.807, 2.05) is 0 Å². The highest BCUT2D eigenvalue weighted by Gasteiger charge is 2.54. The largest absolute Gasteiger partial charge is 0.668 e. The van der Waals surface area contributed by atoms with Gasteiger partial charge in [-0.3, -0.25) is 0 Å². The highest BCUT2D eigenvalue weighted by Crippen LogP contribution is 2.47. The Kier molecular flexibility index (Phi) is 5.36. The van der Waals surface area contributed by atoms with Crippen LogP contribution in [0.25, 0.3) is 0 Å². The zero-order valence-electron chi connectivity index (χ0n) is 11.9. The van der Waals surface area contributed by atoms with Gasteiger partial charge in [-0.2, -0.15) is 26.3 Å². The van der Waals surface area contributed by atoms with Gasteiger partial charge in [0.1, 0.15) is 11.5 Å². The first kappa shape index (κ1) is 20.3. The molecule has 3 unspecified atom stereocenters. The summed E-state index contributed by atoms with van der Waals surface area (Å²) in [5.41, 5.74) is -4.77. The number of benzene rings is 1. The van der Waals surface area contributed by atoms with Crippen molar-refractivity contribution in [3.05, 3.63) is 34.4 Å². The molecular formula is C12H6AlF10O2. The first-order valence-corrected chi connectivity index (χ1v) is 7.35. The lowest BCUT2D eigenvalue weighted by Gasteiger charge is -2.38. The van der Waals surface area contributed by atoms with E-state index in [9.17, 15) is 43.9 Å². The lowest BCUT2D eigenvalue weighted by Crippen LogP contribution is -2.45. The number of rotatable bonds is 1. The van der Waals surface area contributed by atoms with Gasteiger partial charge in [-0.15, -0.1) is 0 Å². The summed E-state index contributed by atoms with van der Waals surface area (Å²) in [6, 6.07) is 0. The van der Waals surface area contributed by atoms with Crippen molar-refractivity contribution in [2.75, 3.05) is 0 Å². The van der Waals surface area contributed by atoms with Crippen molar-refractivity contribution in [1.29, 1.82) is 0 Å². The quantitative estimate of drug-likeness (QED) is 0.395. The van der Waals surface area contributed by atoms with Crippen LogP contribution in [0.5, 0.6) is 0 Å². The summed E-state index contributed by atoms with van der Waals surface area (Å²) in [5, 5.41) is 0. The van der Waals surface area contributed by atoms with Crippen LogP contribution in [0.1, 0.15) is 24.2 Å². The zero-order valence-corrected chi connectivity index (χ0v) is 13.1. The predicted octanol–water partition coefficient (Wildman–Crippen LogP) is 4.45. The fourth-order valence-electron chi connectivity index (χ4n) is 2.43. The van der Waals surface area contributed by atoms with E-state index in [-0.39, 0.29) is 0 Å². The second-order valence-electron chi connectivity index (χ2n) is 5.10. The summed E-state index contributed by atoms with van der Waals surface area (Å²) in [4.78, 5) is 0. The van der Waals surface area contributed by atoms with Crippen LogP contribution in [-0.2, 0) is 13.8 Å². The van der Waals surface area contributed by atoms with Gasteiger partial charge in [0.2, 0.25) is 0 Å². The van der Waals surface area contributed by atoms with E-state index >= 15 is 0 Å². The zero-order chi connectivity index (χ0) is 19.3. The van der Waals surface area contributed by atoms with Gasteiger partial charge < -0.3 is 7.58 Å². The lowest BCUT2D eigenvalue weighted by atomic mass is 9.89. The summed E-state index contributed by atoms with van der Waals surface area (Å²) in [7, 11) is 0. The lowest BCUT2D eigenvalue weighted by molar-refractivity contribution is -0.233. The summed E-state index contributed by atoms with van der Waals surface area (Å²) < 4.78 is 141. The molecular weight excluding hydrogens is 393 g/mol. The molecule has 1 fully saturated rings. The van der Waals surface area contributed by atoms with Crippen LogP contribution in [0.3, 0.4) is 0 Å². The molecule has 1 aromatic rings. The van der Waals surface area contributed by atoms with Crippen molar-refractivity contribution in [3.63, 3.8) is 0 Å². The third-order valence-electron chi connectivity index (χ3n) is 3.55. The molecule has 2 nitrogen and oxygen atoms in total. The Balaban J connectivity index is 2.70. The molecule has 0 saturated carbocycles. The van der Waals surface area contributed by atoms with Gasteiger partial charge in [0.25, 0.3) is 0 Å². The minimum Gasteiger partial charge on any atom is -0.481 e. The van der Waals surface area contributed by atoms with Crippen LogP contribution >= 0.6 is 0 Å². The molecule has 0 amide bonds. The minimum absolute atomic E-state index is 0.882. The number of hydrogen-bond acceptors (Lipinski definition) is 2. The standard InChI is InChI=1S/C12H6F10O2.Al/c1-2(23)4(11(17,18)19)10(24)3-6(13)8(15)5(12(20,21)22)9(16)7(3)14;/h2,4,10H,1H3;/q-2;+2. The first-order valence-electron chi connectivity index (χ1n) is 6.40. The molecule has 1 aromatic carbocycles. The Hall–Kier alpha value is -1.03. The maximum absolute atomic E-state index is 13.9. The number of halogens is 10. The topological polar surface area (TPSA) is 18.5 Å². The normalized spacial score (nSPS) is 25.0. The first-order chi connectivity index (χ1) is 11.3. The van der Waals surface area contributed by atoms with E-state index in [0.717, 1.165) is 6.92 Å². The fourth-order valence-corrected chi connectivity index (χ4v) is 3.26. The molecule has 0 spiro atoms. The van der Waals surface area contributed by atoms with E-state index < -0.39 is 80.8 Å². The van der Waals surface area contributed by atoms with Crippen LogP contribution in [0.4, 0.5) is 43.9 Å². The maximum atomic E-state index is 13.9. The van der Waals surface area contributed by atoms with Gasteiger partial charge in [-0.25, -0.2) is 17.6 Å². The molecule has 2 rings (SSSR count). The molecule has 3 atom stereocenters. The Labute approximate surface area is 140 Å². The molecule has 1 aliphatic heterocycles. The van der Waals surface area contributed by atoms with Crippen molar-refractivity contribution in [1.82, 2.24) is 0 Å². The van der Waals surface area contributed by atoms with Gasteiger partial charge in [0, 0.05) is 6.10 Å².